The third-order valence-electron chi connectivity index (χ3n) is 4.23. The number of para-hydroxylation sites is 2. The van der Waals surface area contributed by atoms with Crippen LogP contribution in [0.3, 0.4) is 0 Å². The quantitative estimate of drug-likeness (QED) is 0.443. The molecule has 0 aromatic heterocycles. The first kappa shape index (κ1) is 21.4. The number of phenols is 1. The highest BCUT2D eigenvalue weighted by Gasteiger charge is 2.12. The van der Waals surface area contributed by atoms with Gasteiger partial charge in [-0.2, -0.15) is 0 Å². The largest absolute Gasteiger partial charge is 0.508 e. The van der Waals surface area contributed by atoms with Gasteiger partial charge in [-0.25, -0.2) is 8.42 Å². The number of amides is 1. The molecule has 3 aromatic rings. The van der Waals surface area contributed by atoms with E-state index in [2.05, 4.69) is 15.4 Å². The van der Waals surface area contributed by atoms with Crippen LogP contribution in [0.4, 0.5) is 11.4 Å². The van der Waals surface area contributed by atoms with E-state index in [1.807, 2.05) is 30.3 Å². The number of nitrogens with one attached hydrogen (secondary N) is 3. The smallest absolute Gasteiger partial charge is 0.255 e. The van der Waals surface area contributed by atoms with Crippen LogP contribution in [0, 0.1) is 0 Å². The average molecular weight is 426 g/mol. The fourth-order valence-corrected chi connectivity index (χ4v) is 3.47. The summed E-state index contributed by atoms with van der Waals surface area (Å²) >= 11 is 0. The Morgan fingerprint density at radius 1 is 0.900 bits per heavy atom. The van der Waals surface area contributed by atoms with Gasteiger partial charge in [0, 0.05) is 35.6 Å². The van der Waals surface area contributed by atoms with E-state index in [4.69, 9.17) is 0 Å². The molecule has 3 aromatic carbocycles. The number of rotatable bonds is 8. The van der Waals surface area contributed by atoms with Crippen molar-refractivity contribution in [1.82, 2.24) is 5.32 Å². The van der Waals surface area contributed by atoms with Crippen LogP contribution in [-0.2, 0) is 23.1 Å². The van der Waals surface area contributed by atoms with Gasteiger partial charge in [-0.05, 0) is 42.0 Å². The van der Waals surface area contributed by atoms with Crippen LogP contribution in [0.25, 0.3) is 0 Å². The Hall–Kier alpha value is -3.36. The minimum Gasteiger partial charge on any atom is -0.508 e. The van der Waals surface area contributed by atoms with Crippen molar-refractivity contribution >= 4 is 27.3 Å². The van der Waals surface area contributed by atoms with E-state index in [-0.39, 0.29) is 11.7 Å². The van der Waals surface area contributed by atoms with Crippen molar-refractivity contribution in [3.63, 3.8) is 0 Å². The first-order chi connectivity index (χ1) is 14.3. The third-order valence-corrected chi connectivity index (χ3v) is 4.83. The molecule has 0 bridgehead atoms. The molecule has 0 fully saturated rings. The van der Waals surface area contributed by atoms with Crippen molar-refractivity contribution in [3.8, 4) is 5.75 Å². The van der Waals surface area contributed by atoms with E-state index in [0.29, 0.717) is 30.0 Å². The molecular weight excluding hydrogens is 402 g/mol. The van der Waals surface area contributed by atoms with E-state index < -0.39 is 10.0 Å². The summed E-state index contributed by atoms with van der Waals surface area (Å²) in [4.78, 5) is 12.7. The summed E-state index contributed by atoms with van der Waals surface area (Å²) in [6.07, 6.45) is 1.06. The van der Waals surface area contributed by atoms with Crippen molar-refractivity contribution in [3.05, 3.63) is 89.5 Å². The standard InChI is InChI=1S/C22H23N3O4S/c1-30(28,29)25-20-12-16(14-23-15-17-7-5-6-10-21(17)26)11-18(13-20)22(27)24-19-8-3-2-4-9-19/h2-13,23,25-26H,14-15H2,1H3,(H,24,27). The monoisotopic (exact) mass is 425 g/mol. The van der Waals surface area contributed by atoms with Gasteiger partial charge in [0.05, 0.1) is 6.26 Å². The van der Waals surface area contributed by atoms with E-state index in [1.54, 1.807) is 36.4 Å². The van der Waals surface area contributed by atoms with Crippen molar-refractivity contribution < 1.29 is 18.3 Å². The molecule has 7 nitrogen and oxygen atoms in total. The zero-order valence-electron chi connectivity index (χ0n) is 16.4. The zero-order valence-corrected chi connectivity index (χ0v) is 17.2. The highest BCUT2D eigenvalue weighted by molar-refractivity contribution is 7.92. The fraction of sp³-hybridized carbons (Fsp3) is 0.136. The van der Waals surface area contributed by atoms with Crippen LogP contribution in [-0.4, -0.2) is 25.7 Å². The summed E-state index contributed by atoms with van der Waals surface area (Å²) in [7, 11) is -3.50. The fourth-order valence-electron chi connectivity index (χ4n) is 2.92. The molecular formula is C22H23N3O4S. The average Bonchev–Trinajstić information content (AvgIpc) is 2.69. The molecule has 0 unspecified atom stereocenters. The number of aromatic hydroxyl groups is 1. The summed E-state index contributed by atoms with van der Waals surface area (Å²) in [5.74, 6) is -0.152. The van der Waals surface area contributed by atoms with E-state index in [0.717, 1.165) is 17.4 Å². The van der Waals surface area contributed by atoms with E-state index >= 15 is 0 Å². The summed E-state index contributed by atoms with van der Waals surface area (Å²) in [6.45, 7) is 0.793. The molecule has 0 radical (unpaired) electrons. The Morgan fingerprint density at radius 2 is 1.60 bits per heavy atom. The van der Waals surface area contributed by atoms with Gasteiger partial charge in [0.25, 0.3) is 5.91 Å². The number of carbonyl (C=O) groups excluding carboxylic acids is 1. The minimum atomic E-state index is -3.50. The van der Waals surface area contributed by atoms with Gasteiger partial charge >= 0.3 is 0 Å². The Bertz CT molecular complexity index is 1130. The molecule has 0 heterocycles. The second kappa shape index (κ2) is 9.43. The lowest BCUT2D eigenvalue weighted by Gasteiger charge is -2.12. The van der Waals surface area contributed by atoms with Gasteiger partial charge in [-0.15, -0.1) is 0 Å². The van der Waals surface area contributed by atoms with Crippen molar-refractivity contribution in [1.29, 1.82) is 0 Å². The molecule has 156 valence electrons. The Labute approximate surface area is 175 Å². The van der Waals surface area contributed by atoms with Gasteiger partial charge in [0.2, 0.25) is 10.0 Å². The van der Waals surface area contributed by atoms with Crippen LogP contribution >= 0.6 is 0 Å². The Kier molecular flexibility index (Phi) is 6.71. The number of anilines is 2. The number of hydrogen-bond acceptors (Lipinski definition) is 5. The molecule has 0 aliphatic heterocycles. The van der Waals surface area contributed by atoms with Gasteiger partial charge in [-0.3, -0.25) is 9.52 Å². The maximum atomic E-state index is 12.7. The number of benzene rings is 3. The van der Waals surface area contributed by atoms with Crippen LogP contribution in [0.5, 0.6) is 5.75 Å². The molecule has 0 saturated carbocycles. The van der Waals surface area contributed by atoms with Gasteiger partial charge < -0.3 is 15.7 Å². The summed E-state index contributed by atoms with van der Waals surface area (Å²) in [5.41, 5.74) is 2.73. The predicted octanol–water partition coefficient (Wildman–Crippen LogP) is 3.31. The lowest BCUT2D eigenvalue weighted by atomic mass is 10.1. The summed E-state index contributed by atoms with van der Waals surface area (Å²) < 4.78 is 25.8. The van der Waals surface area contributed by atoms with E-state index in [9.17, 15) is 18.3 Å². The lowest BCUT2D eigenvalue weighted by Crippen LogP contribution is -2.17. The summed E-state index contributed by atoms with van der Waals surface area (Å²) in [5, 5.41) is 15.9. The van der Waals surface area contributed by atoms with Crippen molar-refractivity contribution in [2.45, 2.75) is 13.1 Å². The molecule has 0 spiro atoms. The van der Waals surface area contributed by atoms with Gasteiger partial charge in [0.15, 0.2) is 0 Å². The van der Waals surface area contributed by atoms with Gasteiger partial charge in [-0.1, -0.05) is 36.4 Å². The molecule has 8 heteroatoms. The third kappa shape index (κ3) is 6.33. The lowest BCUT2D eigenvalue weighted by molar-refractivity contribution is 0.102. The molecule has 4 N–H and O–H groups in total. The highest BCUT2D eigenvalue weighted by atomic mass is 32.2. The molecule has 1 amide bonds. The predicted molar refractivity (Wildman–Crippen MR) is 118 cm³/mol. The van der Waals surface area contributed by atoms with Crippen LogP contribution in [0.15, 0.2) is 72.8 Å². The maximum Gasteiger partial charge on any atom is 0.255 e. The Morgan fingerprint density at radius 3 is 2.30 bits per heavy atom. The minimum absolute atomic E-state index is 0.195. The SMILES string of the molecule is CS(=O)(=O)Nc1cc(CNCc2ccccc2O)cc(C(=O)Nc2ccccc2)c1. The van der Waals surface area contributed by atoms with Crippen molar-refractivity contribution in [2.24, 2.45) is 0 Å². The number of hydrogen-bond donors (Lipinski definition) is 4. The molecule has 0 aliphatic rings. The second-order valence-electron chi connectivity index (χ2n) is 6.85. The number of carbonyl (C=O) groups is 1. The zero-order chi connectivity index (χ0) is 21.6. The van der Waals surface area contributed by atoms with E-state index in [1.165, 1.54) is 6.07 Å². The highest BCUT2D eigenvalue weighted by Crippen LogP contribution is 2.19. The maximum absolute atomic E-state index is 12.7. The second-order valence-corrected chi connectivity index (χ2v) is 8.59. The van der Waals surface area contributed by atoms with Gasteiger partial charge in [0.1, 0.15) is 5.75 Å². The first-order valence-electron chi connectivity index (χ1n) is 9.26. The topological polar surface area (TPSA) is 108 Å². The first-order valence-corrected chi connectivity index (χ1v) is 11.1. The van der Waals surface area contributed by atoms with Crippen molar-refractivity contribution in [2.75, 3.05) is 16.3 Å². The van der Waals surface area contributed by atoms with Crippen LogP contribution < -0.4 is 15.4 Å². The van der Waals surface area contributed by atoms with Crippen LogP contribution in [0.1, 0.15) is 21.5 Å². The Balaban J connectivity index is 1.79. The summed E-state index contributed by atoms with van der Waals surface area (Å²) in [6, 6.07) is 20.9. The number of sulfonamides is 1. The molecule has 0 atom stereocenters. The molecule has 0 aliphatic carbocycles. The number of phenolic OH excluding ortho intramolecular Hbond substituents is 1. The molecule has 30 heavy (non-hydrogen) atoms. The molecule has 3 rings (SSSR count). The van der Waals surface area contributed by atoms with Crippen LogP contribution in [0.2, 0.25) is 0 Å². The normalized spacial score (nSPS) is 11.1. The molecule has 0 saturated heterocycles.